The van der Waals surface area contributed by atoms with Crippen LogP contribution < -0.4 is 9.64 Å². The second-order valence-corrected chi connectivity index (χ2v) is 6.24. The maximum atomic E-state index is 13.0. The van der Waals surface area contributed by atoms with Crippen LogP contribution in [0.2, 0.25) is 0 Å². The topological polar surface area (TPSA) is 51.5 Å². The number of fused-ring (bicyclic) bond motifs is 1. The van der Waals surface area contributed by atoms with Crippen LogP contribution in [0.3, 0.4) is 0 Å². The number of hydrogen-bond donors (Lipinski definition) is 0. The molecule has 0 unspecified atom stereocenters. The van der Waals surface area contributed by atoms with E-state index >= 15 is 0 Å². The number of amides is 2. The summed E-state index contributed by atoms with van der Waals surface area (Å²) in [5.41, 5.74) is 2.51. The first-order valence-electron chi connectivity index (χ1n) is 8.15. The van der Waals surface area contributed by atoms with E-state index in [4.69, 9.17) is 4.74 Å². The highest BCUT2D eigenvalue weighted by Gasteiger charge is 2.41. The first kappa shape index (κ1) is 15.4. The van der Waals surface area contributed by atoms with Gasteiger partial charge >= 0.3 is 0 Å². The van der Waals surface area contributed by atoms with E-state index < -0.39 is 5.92 Å². The molecule has 3 aromatic rings. The normalized spacial score (nSPS) is 17.5. The summed E-state index contributed by atoms with van der Waals surface area (Å²) >= 11 is 0. The third-order valence-electron chi connectivity index (χ3n) is 4.76. The van der Waals surface area contributed by atoms with E-state index in [2.05, 4.69) is 0 Å². The van der Waals surface area contributed by atoms with Crippen molar-refractivity contribution in [1.29, 1.82) is 0 Å². The van der Waals surface area contributed by atoms with Gasteiger partial charge in [-0.25, -0.2) is 4.90 Å². The zero-order chi connectivity index (χ0) is 17.6. The van der Waals surface area contributed by atoms with Crippen LogP contribution in [-0.4, -0.2) is 23.5 Å². The fourth-order valence-electron chi connectivity index (χ4n) is 3.55. The summed E-state index contributed by atoms with van der Waals surface area (Å²) in [6.45, 7) is 0. The average molecular weight is 334 g/mol. The Hall–Kier alpha value is -3.08. The zero-order valence-corrected chi connectivity index (χ0v) is 14.1. The van der Waals surface area contributed by atoms with Crippen molar-refractivity contribution < 1.29 is 14.3 Å². The zero-order valence-electron chi connectivity index (χ0n) is 14.1. The molecule has 0 saturated carbocycles. The standard InChI is InChI=1S/C20H18N2O3/c1-21-12-17(15-8-3-4-9-18(15)21)16-11-19(23)22(20(16)24)13-6-5-7-14(10-13)25-2/h3-10,12,16H,11H2,1-2H3/t16-/m0/s1. The minimum absolute atomic E-state index is 0.184. The number of rotatable bonds is 3. The Morgan fingerprint density at radius 3 is 2.68 bits per heavy atom. The molecule has 2 amide bonds. The molecule has 4 rings (SSSR count). The van der Waals surface area contributed by atoms with Gasteiger partial charge in [0, 0.05) is 36.6 Å². The molecule has 126 valence electrons. The average Bonchev–Trinajstić information content (AvgIpc) is 3.12. The molecule has 2 heterocycles. The molecule has 5 heteroatoms. The molecule has 1 aliphatic heterocycles. The molecular formula is C20H18N2O3. The Kier molecular flexibility index (Phi) is 3.57. The van der Waals surface area contributed by atoms with Crippen molar-refractivity contribution >= 4 is 28.4 Å². The van der Waals surface area contributed by atoms with Crippen molar-refractivity contribution in [2.24, 2.45) is 7.05 Å². The number of nitrogens with zero attached hydrogens (tertiary/aromatic N) is 2. The van der Waals surface area contributed by atoms with E-state index in [1.54, 1.807) is 31.4 Å². The lowest BCUT2D eigenvalue weighted by Crippen LogP contribution is -2.29. The number of benzene rings is 2. The van der Waals surface area contributed by atoms with Gasteiger partial charge in [-0.2, -0.15) is 0 Å². The van der Waals surface area contributed by atoms with Gasteiger partial charge < -0.3 is 9.30 Å². The molecule has 2 aromatic carbocycles. The quantitative estimate of drug-likeness (QED) is 0.691. The predicted octanol–water partition coefficient (Wildman–Crippen LogP) is 3.23. The van der Waals surface area contributed by atoms with Crippen LogP contribution in [0, 0.1) is 0 Å². The molecule has 1 fully saturated rings. The maximum Gasteiger partial charge on any atom is 0.241 e. The van der Waals surface area contributed by atoms with E-state index in [0.29, 0.717) is 11.4 Å². The van der Waals surface area contributed by atoms with Crippen LogP contribution in [0.1, 0.15) is 17.9 Å². The lowest BCUT2D eigenvalue weighted by molar-refractivity contribution is -0.121. The summed E-state index contributed by atoms with van der Waals surface area (Å²) in [7, 11) is 3.51. The van der Waals surface area contributed by atoms with Gasteiger partial charge in [-0.05, 0) is 23.8 Å². The van der Waals surface area contributed by atoms with E-state index in [-0.39, 0.29) is 18.2 Å². The van der Waals surface area contributed by atoms with Gasteiger partial charge in [-0.1, -0.05) is 24.3 Å². The van der Waals surface area contributed by atoms with Crippen LogP contribution >= 0.6 is 0 Å². The molecule has 0 bridgehead atoms. The summed E-state index contributed by atoms with van der Waals surface area (Å²) in [6, 6.07) is 15.0. The van der Waals surface area contributed by atoms with Crippen molar-refractivity contribution in [2.75, 3.05) is 12.0 Å². The Bertz CT molecular complexity index is 990. The summed E-state index contributed by atoms with van der Waals surface area (Å²) in [5.74, 6) is -0.206. The lowest BCUT2D eigenvalue weighted by Gasteiger charge is -2.15. The van der Waals surface area contributed by atoms with Gasteiger partial charge in [-0.3, -0.25) is 9.59 Å². The lowest BCUT2D eigenvalue weighted by atomic mass is 9.97. The van der Waals surface area contributed by atoms with Crippen molar-refractivity contribution in [3.05, 3.63) is 60.3 Å². The number of carbonyl (C=O) groups excluding carboxylic acids is 2. The monoisotopic (exact) mass is 334 g/mol. The minimum atomic E-state index is -0.454. The molecule has 0 N–H and O–H groups in total. The second-order valence-electron chi connectivity index (χ2n) is 6.24. The smallest absolute Gasteiger partial charge is 0.241 e. The first-order chi connectivity index (χ1) is 12.1. The third kappa shape index (κ3) is 2.39. The minimum Gasteiger partial charge on any atom is -0.497 e. The molecular weight excluding hydrogens is 316 g/mol. The van der Waals surface area contributed by atoms with E-state index in [1.807, 2.05) is 42.1 Å². The van der Waals surface area contributed by atoms with Crippen LogP contribution in [-0.2, 0) is 16.6 Å². The van der Waals surface area contributed by atoms with Gasteiger partial charge in [0.25, 0.3) is 0 Å². The summed E-state index contributed by atoms with van der Waals surface area (Å²) in [4.78, 5) is 26.9. The number of hydrogen-bond acceptors (Lipinski definition) is 3. The number of carbonyl (C=O) groups is 2. The molecule has 1 aromatic heterocycles. The largest absolute Gasteiger partial charge is 0.497 e. The number of methoxy groups -OCH3 is 1. The molecule has 0 radical (unpaired) electrons. The molecule has 1 saturated heterocycles. The summed E-state index contributed by atoms with van der Waals surface area (Å²) in [6.07, 6.45) is 2.14. The summed E-state index contributed by atoms with van der Waals surface area (Å²) < 4.78 is 7.20. The Morgan fingerprint density at radius 2 is 1.88 bits per heavy atom. The fourth-order valence-corrected chi connectivity index (χ4v) is 3.55. The maximum absolute atomic E-state index is 13.0. The molecule has 1 aliphatic rings. The number of imide groups is 1. The van der Waals surface area contributed by atoms with Crippen LogP contribution in [0.4, 0.5) is 5.69 Å². The number of anilines is 1. The molecule has 1 atom stereocenters. The third-order valence-corrected chi connectivity index (χ3v) is 4.76. The van der Waals surface area contributed by atoms with Crippen LogP contribution in [0.5, 0.6) is 5.75 Å². The van der Waals surface area contributed by atoms with Crippen LogP contribution in [0.25, 0.3) is 10.9 Å². The fraction of sp³-hybridized carbons (Fsp3) is 0.200. The van der Waals surface area contributed by atoms with E-state index in [0.717, 1.165) is 16.5 Å². The number of aryl methyl sites for hydroxylation is 1. The van der Waals surface area contributed by atoms with Crippen LogP contribution in [0.15, 0.2) is 54.7 Å². The van der Waals surface area contributed by atoms with Gasteiger partial charge in [0.1, 0.15) is 5.75 Å². The highest BCUT2D eigenvalue weighted by molar-refractivity contribution is 6.23. The number of ether oxygens (including phenoxy) is 1. The Balaban J connectivity index is 1.76. The Morgan fingerprint density at radius 1 is 1.08 bits per heavy atom. The molecule has 5 nitrogen and oxygen atoms in total. The predicted molar refractivity (Wildman–Crippen MR) is 95.8 cm³/mol. The Labute approximate surface area is 145 Å². The van der Waals surface area contributed by atoms with Crippen molar-refractivity contribution in [3.8, 4) is 5.75 Å². The van der Waals surface area contributed by atoms with Crippen molar-refractivity contribution in [1.82, 2.24) is 4.57 Å². The van der Waals surface area contributed by atoms with Gasteiger partial charge in [0.15, 0.2) is 0 Å². The molecule has 0 aliphatic carbocycles. The second kappa shape index (κ2) is 5.77. The van der Waals surface area contributed by atoms with E-state index in [1.165, 1.54) is 4.90 Å². The van der Waals surface area contributed by atoms with Gasteiger partial charge in [0.2, 0.25) is 11.8 Å². The molecule has 0 spiro atoms. The SMILES string of the molecule is COc1cccc(N2C(=O)C[C@@H](c3cn(C)c4ccccc34)C2=O)c1. The number of aromatic nitrogens is 1. The molecule has 25 heavy (non-hydrogen) atoms. The highest BCUT2D eigenvalue weighted by atomic mass is 16.5. The summed E-state index contributed by atoms with van der Waals surface area (Å²) in [5, 5.41) is 1.02. The number of para-hydroxylation sites is 1. The first-order valence-corrected chi connectivity index (χ1v) is 8.15. The van der Waals surface area contributed by atoms with Crippen molar-refractivity contribution in [3.63, 3.8) is 0 Å². The highest BCUT2D eigenvalue weighted by Crippen LogP contribution is 2.37. The van der Waals surface area contributed by atoms with Gasteiger partial charge in [0.05, 0.1) is 18.7 Å². The van der Waals surface area contributed by atoms with E-state index in [9.17, 15) is 9.59 Å². The van der Waals surface area contributed by atoms with Gasteiger partial charge in [-0.15, -0.1) is 0 Å². The van der Waals surface area contributed by atoms with Crippen molar-refractivity contribution in [2.45, 2.75) is 12.3 Å².